The fraction of sp³-hybridized carbons (Fsp3) is 0.650. The monoisotopic (exact) mass is 491 g/mol. The fourth-order valence-electron chi connectivity index (χ4n) is 5.30. The van der Waals surface area contributed by atoms with E-state index in [9.17, 15) is 8.78 Å². The number of halogens is 3. The van der Waals surface area contributed by atoms with Crippen LogP contribution in [0.3, 0.4) is 0 Å². The second kappa shape index (κ2) is 8.59. The molecule has 4 nitrogen and oxygen atoms in total. The molecule has 3 aliphatic rings. The van der Waals surface area contributed by atoms with E-state index in [1.165, 1.54) is 37.8 Å². The van der Waals surface area contributed by atoms with Crippen molar-refractivity contribution in [3.05, 3.63) is 35.4 Å². The van der Waals surface area contributed by atoms with E-state index in [4.69, 9.17) is 4.74 Å². The van der Waals surface area contributed by atoms with Crippen LogP contribution < -0.4 is 10.6 Å². The van der Waals surface area contributed by atoms with Gasteiger partial charge in [0.1, 0.15) is 11.6 Å². The molecule has 1 aromatic carbocycles. The van der Waals surface area contributed by atoms with Crippen molar-refractivity contribution in [2.24, 2.45) is 16.3 Å². The summed E-state index contributed by atoms with van der Waals surface area (Å²) in [6.45, 7) is 1.37. The average molecular weight is 491 g/mol. The molecule has 7 heteroatoms. The van der Waals surface area contributed by atoms with Gasteiger partial charge in [0.2, 0.25) is 0 Å². The molecule has 3 unspecified atom stereocenters. The van der Waals surface area contributed by atoms with Crippen molar-refractivity contribution in [1.82, 2.24) is 10.6 Å². The van der Waals surface area contributed by atoms with Gasteiger partial charge in [0.05, 0.1) is 6.10 Å². The molecule has 3 fully saturated rings. The minimum atomic E-state index is -0.408. The molecule has 2 aliphatic carbocycles. The highest BCUT2D eigenvalue weighted by molar-refractivity contribution is 14.0. The lowest BCUT2D eigenvalue weighted by atomic mass is 9.54. The van der Waals surface area contributed by atoms with E-state index in [-0.39, 0.29) is 35.2 Å². The Balaban J connectivity index is 0.00000210. The van der Waals surface area contributed by atoms with Crippen LogP contribution in [0.5, 0.6) is 0 Å². The van der Waals surface area contributed by atoms with E-state index >= 15 is 0 Å². The topological polar surface area (TPSA) is 45.7 Å². The highest BCUT2D eigenvalue weighted by atomic mass is 127. The quantitative estimate of drug-likeness (QED) is 0.384. The van der Waals surface area contributed by atoms with Gasteiger partial charge in [0, 0.05) is 37.6 Å². The predicted molar refractivity (Wildman–Crippen MR) is 113 cm³/mol. The molecule has 0 amide bonds. The molecule has 1 spiro atoms. The summed E-state index contributed by atoms with van der Waals surface area (Å²) >= 11 is 0. The Morgan fingerprint density at radius 2 is 2.07 bits per heavy atom. The number of nitrogens with one attached hydrogen (secondary N) is 2. The van der Waals surface area contributed by atoms with E-state index in [1.54, 1.807) is 7.05 Å². The number of aliphatic imine (C=N–C) groups is 1. The van der Waals surface area contributed by atoms with Gasteiger partial charge in [-0.3, -0.25) is 4.99 Å². The summed E-state index contributed by atoms with van der Waals surface area (Å²) < 4.78 is 33.0. The van der Waals surface area contributed by atoms with Crippen molar-refractivity contribution in [2.45, 2.75) is 50.7 Å². The smallest absolute Gasteiger partial charge is 0.191 e. The van der Waals surface area contributed by atoms with Crippen LogP contribution in [-0.4, -0.2) is 38.3 Å². The van der Waals surface area contributed by atoms with Crippen molar-refractivity contribution in [1.29, 1.82) is 0 Å². The van der Waals surface area contributed by atoms with Crippen molar-refractivity contribution in [3.63, 3.8) is 0 Å². The van der Waals surface area contributed by atoms with Gasteiger partial charge in [-0.05, 0) is 49.4 Å². The van der Waals surface area contributed by atoms with Gasteiger partial charge in [0.15, 0.2) is 5.96 Å². The molecule has 1 heterocycles. The summed E-state index contributed by atoms with van der Waals surface area (Å²) in [6, 6.07) is 3.97. The Kier molecular flexibility index (Phi) is 6.61. The normalized spacial score (nSPS) is 28.4. The summed E-state index contributed by atoms with van der Waals surface area (Å²) in [4.78, 5) is 4.34. The van der Waals surface area contributed by atoms with Gasteiger partial charge >= 0.3 is 0 Å². The maximum Gasteiger partial charge on any atom is 0.191 e. The van der Waals surface area contributed by atoms with Crippen LogP contribution in [-0.2, 0) is 11.2 Å². The molecule has 1 saturated heterocycles. The van der Waals surface area contributed by atoms with Crippen LogP contribution >= 0.6 is 24.0 Å². The third-order valence-corrected chi connectivity index (χ3v) is 6.50. The zero-order valence-electron chi connectivity index (χ0n) is 15.6. The molecule has 0 aromatic heterocycles. The number of nitrogens with zero attached hydrogens (tertiary/aromatic N) is 1. The Hall–Kier alpha value is -0.960. The number of hydrogen-bond acceptors (Lipinski definition) is 2. The number of ether oxygens (including phenoxy) is 1. The maximum absolute atomic E-state index is 13.7. The lowest BCUT2D eigenvalue weighted by Gasteiger charge is -2.57. The van der Waals surface area contributed by atoms with Gasteiger partial charge in [-0.15, -0.1) is 24.0 Å². The molecule has 4 rings (SSSR count). The predicted octanol–water partition coefficient (Wildman–Crippen LogP) is 3.64. The zero-order valence-corrected chi connectivity index (χ0v) is 18.0. The second-order valence-electron chi connectivity index (χ2n) is 7.79. The molecule has 0 bridgehead atoms. The zero-order chi connectivity index (χ0) is 18.1. The van der Waals surface area contributed by atoms with E-state index in [0.29, 0.717) is 36.6 Å². The molecule has 150 valence electrons. The third kappa shape index (κ3) is 3.81. The van der Waals surface area contributed by atoms with Crippen LogP contribution in [0.15, 0.2) is 23.2 Å². The first-order valence-electron chi connectivity index (χ1n) is 9.67. The molecule has 2 N–H and O–H groups in total. The van der Waals surface area contributed by atoms with Gasteiger partial charge in [0.25, 0.3) is 0 Å². The van der Waals surface area contributed by atoms with Crippen LogP contribution in [0.1, 0.15) is 37.7 Å². The Morgan fingerprint density at radius 1 is 1.30 bits per heavy atom. The Labute approximate surface area is 176 Å². The average Bonchev–Trinajstić information content (AvgIpc) is 3.29. The molecule has 3 atom stereocenters. The van der Waals surface area contributed by atoms with Crippen LogP contribution in [0.4, 0.5) is 8.78 Å². The minimum Gasteiger partial charge on any atom is -0.377 e. The summed E-state index contributed by atoms with van der Waals surface area (Å²) in [6.07, 6.45) is 6.91. The molecule has 1 aliphatic heterocycles. The summed E-state index contributed by atoms with van der Waals surface area (Å²) in [5.74, 6) is 0.524. The fourth-order valence-corrected chi connectivity index (χ4v) is 5.30. The molecular formula is C20H28F2IN3O. The summed E-state index contributed by atoms with van der Waals surface area (Å²) in [5.41, 5.74) is 0.640. The maximum atomic E-state index is 13.7. The van der Waals surface area contributed by atoms with E-state index in [2.05, 4.69) is 15.6 Å². The highest BCUT2D eigenvalue weighted by Gasteiger charge is 2.65. The number of rotatable bonds is 4. The SMILES string of the molecule is CN=C(NCCc1cc(F)ccc1F)NC1C2CCOC2C12CCCC2.I. The molecule has 0 radical (unpaired) electrons. The first-order valence-corrected chi connectivity index (χ1v) is 9.67. The van der Waals surface area contributed by atoms with Crippen LogP contribution in [0.2, 0.25) is 0 Å². The van der Waals surface area contributed by atoms with Crippen molar-refractivity contribution < 1.29 is 13.5 Å². The summed E-state index contributed by atoms with van der Waals surface area (Å²) in [7, 11) is 1.75. The van der Waals surface area contributed by atoms with E-state index < -0.39 is 5.82 Å². The highest BCUT2D eigenvalue weighted by Crippen LogP contribution is 2.60. The number of benzene rings is 1. The Morgan fingerprint density at radius 3 is 2.81 bits per heavy atom. The van der Waals surface area contributed by atoms with Crippen molar-refractivity contribution >= 4 is 29.9 Å². The number of guanidine groups is 1. The van der Waals surface area contributed by atoms with Crippen LogP contribution in [0, 0.1) is 23.0 Å². The van der Waals surface area contributed by atoms with Crippen LogP contribution in [0.25, 0.3) is 0 Å². The number of fused-ring (bicyclic) bond motifs is 2. The standard InChI is InChI=1S/C20H27F2N3O.HI/c1-23-19(24-10-6-13-12-14(21)4-5-16(13)22)25-17-15-7-11-26-18(15)20(17)8-2-3-9-20;/h4-5,12,15,17-18H,2-3,6-11H2,1H3,(H2,23,24,25);1H. The van der Waals surface area contributed by atoms with Gasteiger partial charge < -0.3 is 15.4 Å². The third-order valence-electron chi connectivity index (χ3n) is 6.50. The second-order valence-corrected chi connectivity index (χ2v) is 7.79. The molecule has 1 aromatic rings. The number of hydrogen-bond donors (Lipinski definition) is 2. The van der Waals surface area contributed by atoms with Gasteiger partial charge in [-0.1, -0.05) is 12.8 Å². The molecule has 2 saturated carbocycles. The summed E-state index contributed by atoms with van der Waals surface area (Å²) in [5, 5.41) is 6.87. The largest absolute Gasteiger partial charge is 0.377 e. The van der Waals surface area contributed by atoms with Gasteiger partial charge in [-0.2, -0.15) is 0 Å². The first kappa shape index (κ1) is 20.8. The van der Waals surface area contributed by atoms with E-state index in [1.807, 2.05) is 0 Å². The van der Waals surface area contributed by atoms with Gasteiger partial charge in [-0.25, -0.2) is 8.78 Å². The minimum absolute atomic E-state index is 0. The molecular weight excluding hydrogens is 463 g/mol. The molecule has 27 heavy (non-hydrogen) atoms. The van der Waals surface area contributed by atoms with Crippen molar-refractivity contribution in [2.75, 3.05) is 20.2 Å². The lowest BCUT2D eigenvalue weighted by molar-refractivity contribution is -0.125. The lowest BCUT2D eigenvalue weighted by Crippen LogP contribution is -2.69. The van der Waals surface area contributed by atoms with E-state index in [0.717, 1.165) is 25.1 Å². The first-order chi connectivity index (χ1) is 12.6. The Bertz CT molecular complexity index is 694. The van der Waals surface area contributed by atoms with Crippen molar-refractivity contribution in [3.8, 4) is 0 Å².